The summed E-state index contributed by atoms with van der Waals surface area (Å²) < 4.78 is 0. The van der Waals surface area contributed by atoms with Crippen LogP contribution in [0.3, 0.4) is 0 Å². The zero-order valence-electron chi connectivity index (χ0n) is 13.6. The van der Waals surface area contributed by atoms with Crippen LogP contribution in [0.5, 0.6) is 0 Å². The van der Waals surface area contributed by atoms with Crippen LogP contribution in [-0.4, -0.2) is 22.2 Å². The van der Waals surface area contributed by atoms with Crippen molar-refractivity contribution in [3.8, 4) is 0 Å². The van der Waals surface area contributed by atoms with Gasteiger partial charge >= 0.3 is 11.9 Å². The summed E-state index contributed by atoms with van der Waals surface area (Å²) in [5.41, 5.74) is -0.967. The molecule has 2 fully saturated rings. The first-order valence-electron chi connectivity index (χ1n) is 8.98. The van der Waals surface area contributed by atoms with Gasteiger partial charge in [0.2, 0.25) is 0 Å². The lowest BCUT2D eigenvalue weighted by Gasteiger charge is -2.33. The van der Waals surface area contributed by atoms with E-state index in [1.807, 2.05) is 0 Å². The largest absolute Gasteiger partial charge is 0.481 e. The van der Waals surface area contributed by atoms with Gasteiger partial charge in [0.25, 0.3) is 0 Å². The second kappa shape index (κ2) is 7.47. The van der Waals surface area contributed by atoms with Crippen LogP contribution in [0.25, 0.3) is 0 Å². The number of aliphatic carboxylic acids is 2. The Bertz CT molecular complexity index is 390. The monoisotopic (exact) mass is 310 g/mol. The molecule has 2 saturated carbocycles. The van der Waals surface area contributed by atoms with Gasteiger partial charge in [-0.15, -0.1) is 0 Å². The van der Waals surface area contributed by atoms with E-state index in [1.165, 1.54) is 0 Å². The lowest BCUT2D eigenvalue weighted by atomic mass is 9.71. The van der Waals surface area contributed by atoms with Crippen LogP contribution in [-0.2, 0) is 9.59 Å². The minimum Gasteiger partial charge on any atom is -0.481 e. The maximum atomic E-state index is 11.6. The van der Waals surface area contributed by atoms with Gasteiger partial charge in [-0.3, -0.25) is 9.59 Å². The summed E-state index contributed by atoms with van der Waals surface area (Å²) in [5.74, 6) is -1.25. The third-order valence-electron chi connectivity index (χ3n) is 6.09. The number of unbranched alkanes of at least 4 members (excludes halogenated alkanes) is 2. The van der Waals surface area contributed by atoms with E-state index < -0.39 is 22.8 Å². The second-order valence-electron chi connectivity index (χ2n) is 7.50. The molecule has 0 aromatic carbocycles. The maximum absolute atomic E-state index is 11.6. The van der Waals surface area contributed by atoms with Crippen LogP contribution in [0.1, 0.15) is 89.9 Å². The van der Waals surface area contributed by atoms with Crippen molar-refractivity contribution in [3.63, 3.8) is 0 Å². The molecule has 4 heteroatoms. The van der Waals surface area contributed by atoms with Gasteiger partial charge in [-0.05, 0) is 38.5 Å². The van der Waals surface area contributed by atoms with Crippen LogP contribution >= 0.6 is 0 Å². The summed E-state index contributed by atoms with van der Waals surface area (Å²) in [6.45, 7) is 0. The van der Waals surface area contributed by atoms with Gasteiger partial charge in [0.1, 0.15) is 0 Å². The molecule has 2 aliphatic rings. The van der Waals surface area contributed by atoms with Crippen LogP contribution in [0, 0.1) is 10.8 Å². The van der Waals surface area contributed by atoms with Gasteiger partial charge < -0.3 is 10.2 Å². The molecule has 0 radical (unpaired) electrons. The number of rotatable bonds is 8. The lowest BCUT2D eigenvalue weighted by molar-refractivity contribution is -0.151. The molecule has 2 N–H and O–H groups in total. The standard InChI is InChI=1S/C18H30O4/c19-15(20)17(9-3-1-4-10-17)11-5-2-6-12-18(16(21)22)13-7-8-14-18/h1-14H2,(H,19,20)(H,21,22). The third kappa shape index (κ3) is 3.82. The molecule has 2 aliphatic carbocycles. The molecule has 0 saturated heterocycles. The summed E-state index contributed by atoms with van der Waals surface area (Å²) in [6, 6.07) is 0. The SMILES string of the molecule is O=C(O)C1(CCCCCC2(C(=O)O)CCCC2)CCCCC1. The average Bonchev–Trinajstić information content (AvgIpc) is 2.98. The highest BCUT2D eigenvalue weighted by atomic mass is 16.4. The topological polar surface area (TPSA) is 74.6 Å². The van der Waals surface area contributed by atoms with Crippen LogP contribution in [0.4, 0.5) is 0 Å². The number of hydrogen-bond donors (Lipinski definition) is 2. The van der Waals surface area contributed by atoms with Crippen LogP contribution in [0.15, 0.2) is 0 Å². The summed E-state index contributed by atoms with van der Waals surface area (Å²) in [6.07, 6.45) is 12.9. The van der Waals surface area contributed by atoms with E-state index >= 15 is 0 Å². The molecule has 126 valence electrons. The van der Waals surface area contributed by atoms with Crippen molar-refractivity contribution >= 4 is 11.9 Å². The zero-order chi connectivity index (χ0) is 16.1. The van der Waals surface area contributed by atoms with Crippen molar-refractivity contribution < 1.29 is 19.8 Å². The Balaban J connectivity index is 1.74. The highest BCUT2D eigenvalue weighted by Gasteiger charge is 2.41. The van der Waals surface area contributed by atoms with Gasteiger partial charge in [-0.2, -0.15) is 0 Å². The van der Waals surface area contributed by atoms with Crippen LogP contribution in [0.2, 0.25) is 0 Å². The Morgan fingerprint density at radius 2 is 1.00 bits per heavy atom. The molecule has 0 bridgehead atoms. The molecule has 0 aliphatic heterocycles. The molecule has 0 amide bonds. The van der Waals surface area contributed by atoms with Gasteiger partial charge in [-0.1, -0.05) is 51.4 Å². The molecule has 2 rings (SSSR count). The summed E-state index contributed by atoms with van der Waals surface area (Å²) in [4.78, 5) is 23.1. The fraction of sp³-hybridized carbons (Fsp3) is 0.889. The summed E-state index contributed by atoms with van der Waals surface area (Å²) in [5, 5.41) is 19.0. The van der Waals surface area contributed by atoms with Crippen molar-refractivity contribution in [1.82, 2.24) is 0 Å². The van der Waals surface area contributed by atoms with Gasteiger partial charge in [0.15, 0.2) is 0 Å². The minimum atomic E-state index is -0.626. The Labute approximate surface area is 133 Å². The Morgan fingerprint density at radius 1 is 0.636 bits per heavy atom. The first-order valence-corrected chi connectivity index (χ1v) is 8.98. The number of carboxylic acid groups (broad SMARTS) is 2. The van der Waals surface area contributed by atoms with Gasteiger partial charge in [0, 0.05) is 0 Å². The van der Waals surface area contributed by atoms with E-state index in [0.717, 1.165) is 89.9 Å². The quantitative estimate of drug-likeness (QED) is 0.642. The van der Waals surface area contributed by atoms with Crippen molar-refractivity contribution in [2.24, 2.45) is 10.8 Å². The molecule has 0 aromatic rings. The van der Waals surface area contributed by atoms with Gasteiger partial charge in [-0.25, -0.2) is 0 Å². The highest BCUT2D eigenvalue weighted by molar-refractivity contribution is 5.75. The zero-order valence-corrected chi connectivity index (χ0v) is 13.6. The molecular formula is C18H30O4. The maximum Gasteiger partial charge on any atom is 0.309 e. The smallest absolute Gasteiger partial charge is 0.309 e. The molecular weight excluding hydrogens is 280 g/mol. The molecule has 22 heavy (non-hydrogen) atoms. The fourth-order valence-corrected chi connectivity index (χ4v) is 4.53. The predicted octanol–water partition coefficient (Wildman–Crippen LogP) is 4.62. The van der Waals surface area contributed by atoms with Gasteiger partial charge in [0.05, 0.1) is 10.8 Å². The Hall–Kier alpha value is -1.06. The third-order valence-corrected chi connectivity index (χ3v) is 6.09. The molecule has 0 spiro atoms. The Kier molecular flexibility index (Phi) is 5.87. The van der Waals surface area contributed by atoms with Crippen molar-refractivity contribution in [2.45, 2.75) is 89.9 Å². The molecule has 4 nitrogen and oxygen atoms in total. The van der Waals surface area contributed by atoms with E-state index in [9.17, 15) is 19.8 Å². The van der Waals surface area contributed by atoms with E-state index in [0.29, 0.717) is 0 Å². The van der Waals surface area contributed by atoms with E-state index in [4.69, 9.17) is 0 Å². The Morgan fingerprint density at radius 3 is 1.36 bits per heavy atom. The van der Waals surface area contributed by atoms with Crippen molar-refractivity contribution in [3.05, 3.63) is 0 Å². The first-order chi connectivity index (χ1) is 10.5. The summed E-state index contributed by atoms with van der Waals surface area (Å²) >= 11 is 0. The normalized spacial score (nSPS) is 23.3. The van der Waals surface area contributed by atoms with E-state index in [-0.39, 0.29) is 0 Å². The van der Waals surface area contributed by atoms with E-state index in [2.05, 4.69) is 0 Å². The predicted molar refractivity (Wildman–Crippen MR) is 84.8 cm³/mol. The van der Waals surface area contributed by atoms with Crippen molar-refractivity contribution in [1.29, 1.82) is 0 Å². The summed E-state index contributed by atoms with van der Waals surface area (Å²) in [7, 11) is 0. The lowest BCUT2D eigenvalue weighted by Crippen LogP contribution is -2.33. The molecule has 0 heterocycles. The second-order valence-corrected chi connectivity index (χ2v) is 7.50. The number of carboxylic acids is 2. The van der Waals surface area contributed by atoms with Crippen LogP contribution < -0.4 is 0 Å². The number of carbonyl (C=O) groups is 2. The van der Waals surface area contributed by atoms with E-state index in [1.54, 1.807) is 0 Å². The number of hydrogen-bond acceptors (Lipinski definition) is 2. The fourth-order valence-electron chi connectivity index (χ4n) is 4.53. The minimum absolute atomic E-state index is 0.477. The molecule has 0 atom stereocenters. The molecule has 0 unspecified atom stereocenters. The average molecular weight is 310 g/mol. The molecule has 0 aromatic heterocycles. The first kappa shape index (κ1) is 17.3. The highest BCUT2D eigenvalue weighted by Crippen LogP contribution is 2.44. The van der Waals surface area contributed by atoms with Crippen molar-refractivity contribution in [2.75, 3.05) is 0 Å².